The summed E-state index contributed by atoms with van der Waals surface area (Å²) in [5.41, 5.74) is 13.9. The fourth-order valence-electron chi connectivity index (χ4n) is 4.57. The first-order valence-corrected chi connectivity index (χ1v) is 11.6. The summed E-state index contributed by atoms with van der Waals surface area (Å²) in [7, 11) is 0. The predicted octanol–water partition coefficient (Wildman–Crippen LogP) is 0.672. The molecule has 12 nitrogen and oxygen atoms in total. The van der Waals surface area contributed by atoms with E-state index in [-0.39, 0.29) is 17.8 Å². The zero-order valence-corrected chi connectivity index (χ0v) is 19.5. The van der Waals surface area contributed by atoms with Crippen LogP contribution in [0.5, 0.6) is 0 Å². The van der Waals surface area contributed by atoms with Crippen molar-refractivity contribution in [3.63, 3.8) is 0 Å². The summed E-state index contributed by atoms with van der Waals surface area (Å²) in [6.45, 7) is 7.44. The highest BCUT2D eigenvalue weighted by Crippen LogP contribution is 2.36. The van der Waals surface area contributed by atoms with Gasteiger partial charge in [-0.1, -0.05) is 0 Å². The molecule has 5 N–H and O–H groups in total. The van der Waals surface area contributed by atoms with Crippen molar-refractivity contribution in [2.45, 2.75) is 38.1 Å². The topological polar surface area (TPSA) is 165 Å². The molecule has 180 valence electrons. The number of fused-ring (bicyclic) bond motifs is 1. The number of H-pyrrole nitrogens is 1. The number of ether oxygens (including phenoxy) is 1. The van der Waals surface area contributed by atoms with Gasteiger partial charge in [0.2, 0.25) is 17.8 Å². The lowest BCUT2D eigenvalue weighted by Gasteiger charge is -2.35. The van der Waals surface area contributed by atoms with Gasteiger partial charge in [0, 0.05) is 50.1 Å². The third-order valence-electron chi connectivity index (χ3n) is 6.39. The van der Waals surface area contributed by atoms with Gasteiger partial charge in [0.1, 0.15) is 0 Å². The Hall–Kier alpha value is -3.38. The molecule has 12 heteroatoms. The largest absolute Gasteiger partial charge is 0.378 e. The minimum atomic E-state index is -0.877. The average molecular weight is 467 g/mol. The minimum absolute atomic E-state index is 0.0314. The molecule has 2 aliphatic rings. The molecule has 0 radical (unpaired) electrons. The van der Waals surface area contributed by atoms with E-state index in [0.29, 0.717) is 51.0 Å². The molecule has 0 atom stereocenters. The van der Waals surface area contributed by atoms with Crippen molar-refractivity contribution < 1.29 is 9.53 Å². The fraction of sp³-hybridized carbons (Fsp3) is 0.545. The SMILES string of the molecule is CC(C)(N)C(=O)N1CCC(c2n[nH]c3nc(N4CCOCC4)nc(-c4cnc(N)nc4)c23)CC1. The number of rotatable bonds is 4. The molecule has 0 saturated carbocycles. The number of carbonyl (C=O) groups excluding carboxylic acids is 1. The number of nitrogens with zero attached hydrogens (tertiary/aromatic N) is 7. The summed E-state index contributed by atoms with van der Waals surface area (Å²) in [5, 5.41) is 8.64. The van der Waals surface area contributed by atoms with E-state index in [1.165, 1.54) is 0 Å². The van der Waals surface area contributed by atoms with Crippen molar-refractivity contribution in [2.24, 2.45) is 5.73 Å². The molecule has 5 rings (SSSR count). The molecule has 2 fully saturated rings. The Labute approximate surface area is 197 Å². The predicted molar refractivity (Wildman–Crippen MR) is 127 cm³/mol. The number of piperidine rings is 1. The molecule has 0 bridgehead atoms. The van der Waals surface area contributed by atoms with E-state index in [0.717, 1.165) is 35.2 Å². The number of hydrogen-bond donors (Lipinski definition) is 3. The van der Waals surface area contributed by atoms with Gasteiger partial charge >= 0.3 is 0 Å². The summed E-state index contributed by atoms with van der Waals surface area (Å²) < 4.78 is 5.48. The van der Waals surface area contributed by atoms with Crippen molar-refractivity contribution in [1.29, 1.82) is 0 Å². The lowest BCUT2D eigenvalue weighted by Crippen LogP contribution is -2.53. The minimum Gasteiger partial charge on any atom is -0.378 e. The van der Waals surface area contributed by atoms with Crippen LogP contribution in [-0.2, 0) is 9.53 Å². The third-order valence-corrected chi connectivity index (χ3v) is 6.39. The summed E-state index contributed by atoms with van der Waals surface area (Å²) in [5.74, 6) is 0.944. The lowest BCUT2D eigenvalue weighted by molar-refractivity contribution is -0.136. The molecule has 2 saturated heterocycles. The Morgan fingerprint density at radius 3 is 2.44 bits per heavy atom. The van der Waals surface area contributed by atoms with Crippen LogP contribution in [0.25, 0.3) is 22.3 Å². The molecule has 5 heterocycles. The van der Waals surface area contributed by atoms with Gasteiger partial charge in [0.15, 0.2) is 5.65 Å². The van der Waals surface area contributed by atoms with Crippen molar-refractivity contribution in [3.05, 3.63) is 18.1 Å². The summed E-state index contributed by atoms with van der Waals surface area (Å²) in [4.78, 5) is 34.6. The zero-order chi connectivity index (χ0) is 23.9. The summed E-state index contributed by atoms with van der Waals surface area (Å²) in [6.07, 6.45) is 4.92. The van der Waals surface area contributed by atoms with Crippen LogP contribution >= 0.6 is 0 Å². The van der Waals surface area contributed by atoms with Crippen molar-refractivity contribution in [2.75, 3.05) is 50.0 Å². The van der Waals surface area contributed by atoms with E-state index >= 15 is 0 Å². The molecule has 3 aromatic heterocycles. The number of aromatic amines is 1. The Bertz CT molecular complexity index is 1170. The monoisotopic (exact) mass is 466 g/mol. The van der Waals surface area contributed by atoms with E-state index in [1.807, 2.05) is 4.90 Å². The lowest BCUT2D eigenvalue weighted by atomic mass is 9.90. The Balaban J connectivity index is 1.51. The highest BCUT2D eigenvalue weighted by molar-refractivity contribution is 5.93. The number of morpholine rings is 1. The molecule has 0 aliphatic carbocycles. The van der Waals surface area contributed by atoms with Crippen LogP contribution in [0.2, 0.25) is 0 Å². The summed E-state index contributed by atoms with van der Waals surface area (Å²) in [6, 6.07) is 0. The number of likely N-dealkylation sites (tertiary alicyclic amines) is 1. The normalized spacial score (nSPS) is 18.0. The maximum atomic E-state index is 12.6. The molecular formula is C22H30N10O2. The molecule has 1 amide bonds. The van der Waals surface area contributed by atoms with Crippen molar-refractivity contribution in [3.8, 4) is 11.3 Å². The number of amides is 1. The second-order valence-corrected chi connectivity index (χ2v) is 9.42. The molecular weight excluding hydrogens is 436 g/mol. The van der Waals surface area contributed by atoms with Crippen LogP contribution in [0.3, 0.4) is 0 Å². The molecule has 0 unspecified atom stereocenters. The smallest absolute Gasteiger partial charge is 0.242 e. The Kier molecular flexibility index (Phi) is 5.78. The molecule has 34 heavy (non-hydrogen) atoms. The van der Waals surface area contributed by atoms with Crippen molar-refractivity contribution in [1.82, 2.24) is 35.0 Å². The van der Waals surface area contributed by atoms with Gasteiger partial charge < -0.3 is 26.0 Å². The highest BCUT2D eigenvalue weighted by Gasteiger charge is 2.33. The first-order valence-electron chi connectivity index (χ1n) is 11.6. The van der Waals surface area contributed by atoms with Gasteiger partial charge in [0.25, 0.3) is 0 Å². The van der Waals surface area contributed by atoms with Crippen molar-refractivity contribution >= 4 is 28.8 Å². The number of hydrogen-bond acceptors (Lipinski definition) is 10. The number of nitrogen functional groups attached to an aromatic ring is 1. The van der Waals surface area contributed by atoms with Gasteiger partial charge in [-0.05, 0) is 26.7 Å². The maximum Gasteiger partial charge on any atom is 0.242 e. The highest BCUT2D eigenvalue weighted by atomic mass is 16.5. The van der Waals surface area contributed by atoms with E-state index in [1.54, 1.807) is 26.2 Å². The van der Waals surface area contributed by atoms with Gasteiger partial charge in [-0.25, -0.2) is 15.0 Å². The molecule has 2 aliphatic heterocycles. The van der Waals surface area contributed by atoms with Gasteiger partial charge in [-0.2, -0.15) is 10.1 Å². The van der Waals surface area contributed by atoms with Crippen LogP contribution in [-0.4, -0.2) is 85.9 Å². The first kappa shape index (κ1) is 22.4. The number of nitrogens with two attached hydrogens (primary N) is 2. The van der Waals surface area contributed by atoms with Crippen LogP contribution in [0.4, 0.5) is 11.9 Å². The third kappa shape index (κ3) is 4.26. The van der Waals surface area contributed by atoms with Crippen LogP contribution < -0.4 is 16.4 Å². The van der Waals surface area contributed by atoms with Gasteiger partial charge in [0.05, 0.1) is 35.5 Å². The molecule has 0 aromatic carbocycles. The van der Waals surface area contributed by atoms with E-state index in [4.69, 9.17) is 26.2 Å². The van der Waals surface area contributed by atoms with E-state index < -0.39 is 5.54 Å². The van der Waals surface area contributed by atoms with E-state index in [9.17, 15) is 4.79 Å². The molecule has 3 aromatic rings. The first-order chi connectivity index (χ1) is 16.3. The molecule has 0 spiro atoms. The summed E-state index contributed by atoms with van der Waals surface area (Å²) >= 11 is 0. The van der Waals surface area contributed by atoms with Gasteiger partial charge in [-0.3, -0.25) is 9.89 Å². The maximum absolute atomic E-state index is 12.6. The van der Waals surface area contributed by atoms with Crippen LogP contribution in [0.15, 0.2) is 12.4 Å². The second-order valence-electron chi connectivity index (χ2n) is 9.42. The fourth-order valence-corrected chi connectivity index (χ4v) is 4.57. The average Bonchev–Trinajstić information content (AvgIpc) is 3.28. The second kappa shape index (κ2) is 8.76. The van der Waals surface area contributed by atoms with Crippen LogP contribution in [0.1, 0.15) is 38.3 Å². The van der Waals surface area contributed by atoms with Gasteiger partial charge in [-0.15, -0.1) is 0 Å². The zero-order valence-electron chi connectivity index (χ0n) is 19.5. The Morgan fingerprint density at radius 1 is 1.12 bits per heavy atom. The standard InChI is InChI=1S/C22H30N10O2/c1-22(2,24)19(33)31-5-3-13(4-6-31)17-15-16(14-11-25-20(23)26-12-14)27-21(28-18(15)30-29-17)32-7-9-34-10-8-32/h11-13H,3-10,24H2,1-2H3,(H2,23,25,26)(H,27,28,29,30). The number of aromatic nitrogens is 6. The number of carbonyl (C=O) groups is 1. The number of nitrogens with one attached hydrogen (secondary N) is 1. The van der Waals surface area contributed by atoms with Crippen LogP contribution in [0, 0.1) is 0 Å². The Morgan fingerprint density at radius 2 is 1.79 bits per heavy atom. The number of anilines is 2. The van der Waals surface area contributed by atoms with E-state index in [2.05, 4.69) is 25.1 Å². The quantitative estimate of drug-likeness (QED) is 0.497.